The van der Waals surface area contributed by atoms with E-state index in [0.717, 1.165) is 15.8 Å². The molecule has 0 aliphatic carbocycles. The van der Waals surface area contributed by atoms with Crippen LogP contribution in [0.5, 0.6) is 0 Å². The summed E-state index contributed by atoms with van der Waals surface area (Å²) in [5.74, 6) is 0. The van der Waals surface area contributed by atoms with E-state index in [-0.39, 0.29) is 16.1 Å². The Morgan fingerprint density at radius 1 is 1.08 bits per heavy atom. The average molecular weight is 378 g/mol. The van der Waals surface area contributed by atoms with Crippen molar-refractivity contribution >= 4 is 15.7 Å². The highest BCUT2D eigenvalue weighted by molar-refractivity contribution is 7.89. The van der Waals surface area contributed by atoms with Crippen LogP contribution in [-0.2, 0) is 37.1 Å². The summed E-state index contributed by atoms with van der Waals surface area (Å²) in [6.45, 7) is 1.11. The topological polar surface area (TPSA) is 84.6 Å². The molecule has 1 aliphatic heterocycles. The molecular weight excluding hydrogens is 356 g/mol. The average Bonchev–Trinajstić information content (AvgIpc) is 2.99. The Morgan fingerprint density at radius 3 is 2.42 bits per heavy atom. The van der Waals surface area contributed by atoms with Gasteiger partial charge in [-0.2, -0.15) is 0 Å². The van der Waals surface area contributed by atoms with Gasteiger partial charge in [0.15, 0.2) is 0 Å². The van der Waals surface area contributed by atoms with Crippen LogP contribution >= 0.6 is 0 Å². The molecule has 0 saturated heterocycles. The van der Waals surface area contributed by atoms with Gasteiger partial charge in [-0.05, 0) is 30.2 Å². The fourth-order valence-corrected chi connectivity index (χ4v) is 4.06. The van der Waals surface area contributed by atoms with Crippen LogP contribution in [0.2, 0.25) is 0 Å². The van der Waals surface area contributed by atoms with Crippen molar-refractivity contribution < 1.29 is 8.42 Å². The zero-order valence-electron chi connectivity index (χ0n) is 15.3. The van der Waals surface area contributed by atoms with Crippen molar-refractivity contribution in [3.05, 3.63) is 56.4 Å². The quantitative estimate of drug-likeness (QED) is 0.742. The minimum absolute atomic E-state index is 0.268. The lowest BCUT2D eigenvalue weighted by atomic mass is 10.2. The van der Waals surface area contributed by atoms with E-state index in [1.807, 2.05) is 0 Å². The zero-order valence-corrected chi connectivity index (χ0v) is 16.1. The molecule has 1 aromatic heterocycles. The van der Waals surface area contributed by atoms with Gasteiger partial charge in [-0.15, -0.1) is 0 Å². The van der Waals surface area contributed by atoms with Crippen LogP contribution < -0.4 is 16.1 Å². The number of aromatic nitrogens is 2. The Hall–Kier alpha value is -2.39. The standard InChI is InChI=1S/C17H22N4O4S/c1-18(2)26(24,25)14-5-6-15-12(9-14)7-8-21(15)11-13-10-16(22)20(4)17(23)19(13)3/h5-6,9-10H,7-8,11H2,1-4H3. The second-order valence-corrected chi connectivity index (χ2v) is 8.78. The molecule has 0 fully saturated rings. The van der Waals surface area contributed by atoms with E-state index in [1.165, 1.54) is 36.1 Å². The predicted octanol–water partition coefficient (Wildman–Crippen LogP) is -0.103. The van der Waals surface area contributed by atoms with Crippen molar-refractivity contribution in [1.82, 2.24) is 13.4 Å². The van der Waals surface area contributed by atoms with Crippen molar-refractivity contribution in [3.63, 3.8) is 0 Å². The SMILES string of the molecule is CN(C)S(=O)(=O)c1ccc2c(c1)CCN2Cc1cc(=O)n(C)c(=O)n1C. The first kappa shape index (κ1) is 18.4. The van der Waals surface area contributed by atoms with Crippen molar-refractivity contribution in [3.8, 4) is 0 Å². The predicted molar refractivity (Wildman–Crippen MR) is 99.0 cm³/mol. The number of rotatable bonds is 4. The van der Waals surface area contributed by atoms with E-state index in [1.54, 1.807) is 25.2 Å². The number of fused-ring (bicyclic) bond motifs is 1. The van der Waals surface area contributed by atoms with Gasteiger partial charge in [0.25, 0.3) is 5.56 Å². The molecule has 0 radical (unpaired) electrons. The van der Waals surface area contributed by atoms with E-state index in [2.05, 4.69) is 4.90 Å². The lowest BCUT2D eigenvalue weighted by molar-refractivity contribution is 0.520. The molecule has 0 unspecified atom stereocenters. The first-order valence-electron chi connectivity index (χ1n) is 8.19. The van der Waals surface area contributed by atoms with E-state index in [4.69, 9.17) is 0 Å². The Balaban J connectivity index is 1.95. The van der Waals surface area contributed by atoms with Gasteiger partial charge in [0.05, 0.1) is 11.4 Å². The second kappa shape index (κ2) is 6.40. The van der Waals surface area contributed by atoms with Gasteiger partial charge in [-0.25, -0.2) is 17.5 Å². The molecule has 0 bridgehead atoms. The van der Waals surface area contributed by atoms with Crippen LogP contribution in [0.4, 0.5) is 5.69 Å². The first-order valence-corrected chi connectivity index (χ1v) is 9.63. The van der Waals surface area contributed by atoms with Crippen molar-refractivity contribution in [2.45, 2.75) is 17.9 Å². The van der Waals surface area contributed by atoms with Crippen LogP contribution in [0.25, 0.3) is 0 Å². The Bertz CT molecular complexity index is 1080. The van der Waals surface area contributed by atoms with Gasteiger partial charge in [0, 0.05) is 52.2 Å². The van der Waals surface area contributed by atoms with Gasteiger partial charge in [0.1, 0.15) is 0 Å². The monoisotopic (exact) mass is 378 g/mol. The normalized spacial score (nSPS) is 14.1. The molecule has 0 amide bonds. The summed E-state index contributed by atoms with van der Waals surface area (Å²) < 4.78 is 28.3. The summed E-state index contributed by atoms with van der Waals surface area (Å²) in [6, 6.07) is 6.55. The smallest absolute Gasteiger partial charge is 0.330 e. The lowest BCUT2D eigenvalue weighted by Gasteiger charge is -2.21. The second-order valence-electron chi connectivity index (χ2n) is 6.62. The Kier molecular flexibility index (Phi) is 4.53. The van der Waals surface area contributed by atoms with Gasteiger partial charge < -0.3 is 4.90 Å². The molecule has 0 N–H and O–H groups in total. The van der Waals surface area contributed by atoms with Crippen LogP contribution in [0.15, 0.2) is 38.8 Å². The highest BCUT2D eigenvalue weighted by Crippen LogP contribution is 2.31. The summed E-state index contributed by atoms with van der Waals surface area (Å²) in [5, 5.41) is 0. The first-order chi connectivity index (χ1) is 12.1. The Labute approximate surface area is 151 Å². The molecule has 9 heteroatoms. The lowest BCUT2D eigenvalue weighted by Crippen LogP contribution is -2.39. The van der Waals surface area contributed by atoms with Crippen molar-refractivity contribution in [2.75, 3.05) is 25.5 Å². The number of anilines is 1. The molecule has 0 saturated carbocycles. The molecule has 1 aliphatic rings. The molecule has 140 valence electrons. The fourth-order valence-electron chi connectivity index (χ4n) is 3.11. The molecule has 0 atom stereocenters. The van der Waals surface area contributed by atoms with E-state index in [0.29, 0.717) is 25.2 Å². The third-order valence-corrected chi connectivity index (χ3v) is 6.61. The summed E-state index contributed by atoms with van der Waals surface area (Å²) in [4.78, 5) is 26.3. The number of sulfonamides is 1. The largest absolute Gasteiger partial charge is 0.365 e. The van der Waals surface area contributed by atoms with Gasteiger partial charge in [-0.1, -0.05) is 0 Å². The minimum atomic E-state index is -3.47. The molecule has 26 heavy (non-hydrogen) atoms. The van der Waals surface area contributed by atoms with Crippen LogP contribution in [0, 0.1) is 0 Å². The van der Waals surface area contributed by atoms with E-state index >= 15 is 0 Å². The Morgan fingerprint density at radius 2 is 1.77 bits per heavy atom. The fraction of sp³-hybridized carbons (Fsp3) is 0.412. The number of nitrogens with zero attached hydrogens (tertiary/aromatic N) is 4. The summed E-state index contributed by atoms with van der Waals surface area (Å²) >= 11 is 0. The molecule has 8 nitrogen and oxygen atoms in total. The third kappa shape index (κ3) is 2.97. The number of hydrogen-bond acceptors (Lipinski definition) is 5. The third-order valence-electron chi connectivity index (χ3n) is 4.80. The van der Waals surface area contributed by atoms with Gasteiger partial charge in [-0.3, -0.25) is 13.9 Å². The van der Waals surface area contributed by atoms with Crippen LogP contribution in [-0.4, -0.2) is 42.5 Å². The zero-order chi connectivity index (χ0) is 19.2. The molecular formula is C17H22N4O4S. The van der Waals surface area contributed by atoms with Gasteiger partial charge in [0.2, 0.25) is 10.0 Å². The maximum atomic E-state index is 12.3. The summed E-state index contributed by atoms with van der Waals surface area (Å²) in [6.07, 6.45) is 0.713. The minimum Gasteiger partial charge on any atom is -0.365 e. The maximum Gasteiger partial charge on any atom is 0.330 e. The summed E-state index contributed by atoms with van der Waals surface area (Å²) in [5.41, 5.74) is 1.79. The van der Waals surface area contributed by atoms with E-state index < -0.39 is 10.0 Å². The molecule has 1 aromatic carbocycles. The number of benzene rings is 1. The molecule has 3 rings (SSSR count). The van der Waals surface area contributed by atoms with Gasteiger partial charge >= 0.3 is 5.69 Å². The van der Waals surface area contributed by atoms with Crippen molar-refractivity contribution in [2.24, 2.45) is 14.1 Å². The molecule has 0 spiro atoms. The van der Waals surface area contributed by atoms with E-state index in [9.17, 15) is 18.0 Å². The van der Waals surface area contributed by atoms with Crippen LogP contribution in [0.3, 0.4) is 0 Å². The molecule has 2 aromatic rings. The van der Waals surface area contributed by atoms with Crippen molar-refractivity contribution in [1.29, 1.82) is 0 Å². The molecule has 2 heterocycles. The highest BCUT2D eigenvalue weighted by Gasteiger charge is 2.24. The highest BCUT2D eigenvalue weighted by atomic mass is 32.2. The van der Waals surface area contributed by atoms with Crippen LogP contribution in [0.1, 0.15) is 11.3 Å². The summed E-state index contributed by atoms with van der Waals surface area (Å²) in [7, 11) is 2.63. The maximum absolute atomic E-state index is 12.3. The number of hydrogen-bond donors (Lipinski definition) is 0.